The molecule has 0 aromatic rings. The molecule has 4 rings (SSSR count). The quantitative estimate of drug-likeness (QED) is 0.342. The van der Waals surface area contributed by atoms with Gasteiger partial charge in [-0.1, -0.05) is 39.3 Å². The summed E-state index contributed by atoms with van der Waals surface area (Å²) in [6.07, 6.45) is 15.0. The van der Waals surface area contributed by atoms with Gasteiger partial charge in [-0.2, -0.15) is 0 Å². The fraction of sp³-hybridized carbons (Fsp3) is 0.857. The molecule has 8 atom stereocenters. The molecular formula is C28H44O3. The summed E-state index contributed by atoms with van der Waals surface area (Å²) in [6.45, 7) is 11.1. The van der Waals surface area contributed by atoms with E-state index < -0.39 is 0 Å². The second-order valence-electron chi connectivity index (χ2n) is 11.9. The van der Waals surface area contributed by atoms with Crippen molar-refractivity contribution in [3.63, 3.8) is 0 Å². The molecule has 4 aliphatic carbocycles. The van der Waals surface area contributed by atoms with Crippen molar-refractivity contribution >= 4 is 11.8 Å². The lowest BCUT2D eigenvalue weighted by atomic mass is 9.47. The highest BCUT2D eigenvalue weighted by Crippen LogP contribution is 2.67. The smallest absolute Gasteiger partial charge is 0.302 e. The zero-order valence-corrected chi connectivity index (χ0v) is 20.5. The molecule has 3 heteroatoms. The van der Waals surface area contributed by atoms with Gasteiger partial charge in [0.1, 0.15) is 11.9 Å². The molecule has 3 fully saturated rings. The van der Waals surface area contributed by atoms with E-state index in [1.807, 2.05) is 6.92 Å². The molecular weight excluding hydrogens is 384 g/mol. The number of fused-ring (bicyclic) bond motifs is 5. The Bertz CT molecular complexity index is 739. The summed E-state index contributed by atoms with van der Waals surface area (Å²) in [6, 6.07) is 0. The number of rotatable bonds is 6. The van der Waals surface area contributed by atoms with Gasteiger partial charge in [0.2, 0.25) is 0 Å². The van der Waals surface area contributed by atoms with E-state index in [0.717, 1.165) is 49.4 Å². The summed E-state index contributed by atoms with van der Waals surface area (Å²) in [7, 11) is 0. The maximum atomic E-state index is 11.9. The van der Waals surface area contributed by atoms with Crippen LogP contribution >= 0.6 is 0 Å². The van der Waals surface area contributed by atoms with Crippen LogP contribution in [-0.4, -0.2) is 17.9 Å². The van der Waals surface area contributed by atoms with Crippen LogP contribution in [-0.2, 0) is 14.3 Å². The number of allylic oxidation sites excluding steroid dienone is 1. The predicted molar refractivity (Wildman–Crippen MR) is 124 cm³/mol. The van der Waals surface area contributed by atoms with E-state index >= 15 is 0 Å². The molecule has 0 saturated heterocycles. The average Bonchev–Trinajstić information content (AvgIpc) is 3.09. The summed E-state index contributed by atoms with van der Waals surface area (Å²) in [5.74, 6) is 4.17. The molecule has 0 unspecified atom stereocenters. The summed E-state index contributed by atoms with van der Waals surface area (Å²) >= 11 is 0. The fourth-order valence-electron chi connectivity index (χ4n) is 8.70. The molecule has 0 bridgehead atoms. The van der Waals surface area contributed by atoms with E-state index in [9.17, 15) is 9.59 Å². The molecule has 0 amide bonds. The molecule has 0 N–H and O–H groups in total. The first-order valence-corrected chi connectivity index (χ1v) is 13.1. The first-order chi connectivity index (χ1) is 14.7. The van der Waals surface area contributed by atoms with Crippen molar-refractivity contribution in [1.29, 1.82) is 0 Å². The highest BCUT2D eigenvalue weighted by atomic mass is 16.5. The van der Waals surface area contributed by atoms with E-state index in [1.165, 1.54) is 45.4 Å². The molecule has 0 aliphatic heterocycles. The van der Waals surface area contributed by atoms with Crippen molar-refractivity contribution in [2.24, 2.45) is 40.4 Å². The topological polar surface area (TPSA) is 43.4 Å². The van der Waals surface area contributed by atoms with Crippen molar-refractivity contribution in [3.05, 3.63) is 11.6 Å². The SMILES string of the molecule is CCC(=O)CC[C@@H](C)[C@H]1CC[C@H]2[C@@H]3CC=C4C[C@H](OC(C)=O)CC[C@]4(C)[C@H]3CC[C@]12C. The number of Topliss-reactive ketones (excluding diaryl/α,β-unsaturated/α-hetero) is 1. The highest BCUT2D eigenvalue weighted by Gasteiger charge is 2.59. The van der Waals surface area contributed by atoms with Crippen LogP contribution < -0.4 is 0 Å². The lowest BCUT2D eigenvalue weighted by Crippen LogP contribution is -2.51. The molecule has 0 spiro atoms. The lowest BCUT2D eigenvalue weighted by molar-refractivity contribution is -0.148. The van der Waals surface area contributed by atoms with Crippen LogP contribution in [0, 0.1) is 40.4 Å². The van der Waals surface area contributed by atoms with Gasteiger partial charge in [-0.15, -0.1) is 0 Å². The summed E-state index contributed by atoms with van der Waals surface area (Å²) in [4.78, 5) is 23.4. The number of esters is 1. The van der Waals surface area contributed by atoms with Gasteiger partial charge in [0, 0.05) is 26.2 Å². The van der Waals surface area contributed by atoms with Gasteiger partial charge in [0.15, 0.2) is 0 Å². The zero-order chi connectivity index (χ0) is 22.4. The predicted octanol–water partition coefficient (Wildman–Crippen LogP) is 6.89. The number of carbonyl (C=O) groups is 2. The summed E-state index contributed by atoms with van der Waals surface area (Å²) in [5, 5.41) is 0. The summed E-state index contributed by atoms with van der Waals surface area (Å²) in [5.41, 5.74) is 2.33. The van der Waals surface area contributed by atoms with Crippen molar-refractivity contribution < 1.29 is 14.3 Å². The lowest BCUT2D eigenvalue weighted by Gasteiger charge is -2.58. The Balaban J connectivity index is 1.48. The van der Waals surface area contributed by atoms with Gasteiger partial charge < -0.3 is 4.74 Å². The van der Waals surface area contributed by atoms with Crippen LogP contribution in [0.1, 0.15) is 105 Å². The van der Waals surface area contributed by atoms with Gasteiger partial charge in [-0.05, 0) is 91.8 Å². The van der Waals surface area contributed by atoms with E-state index in [0.29, 0.717) is 29.0 Å². The first-order valence-electron chi connectivity index (χ1n) is 13.1. The van der Waals surface area contributed by atoms with Gasteiger partial charge >= 0.3 is 5.97 Å². The minimum atomic E-state index is -0.136. The fourth-order valence-corrected chi connectivity index (χ4v) is 8.70. The van der Waals surface area contributed by atoms with E-state index in [-0.39, 0.29) is 12.1 Å². The molecule has 0 heterocycles. The zero-order valence-electron chi connectivity index (χ0n) is 20.5. The van der Waals surface area contributed by atoms with Crippen LogP contribution in [0.5, 0.6) is 0 Å². The molecule has 31 heavy (non-hydrogen) atoms. The normalized spacial score (nSPS) is 42.6. The molecule has 174 valence electrons. The largest absolute Gasteiger partial charge is 0.462 e. The number of ketones is 1. The van der Waals surface area contributed by atoms with Crippen molar-refractivity contribution in [1.82, 2.24) is 0 Å². The summed E-state index contributed by atoms with van der Waals surface area (Å²) < 4.78 is 5.59. The Morgan fingerprint density at radius 2 is 1.90 bits per heavy atom. The molecule has 3 saturated carbocycles. The Morgan fingerprint density at radius 3 is 2.61 bits per heavy atom. The molecule has 3 nitrogen and oxygen atoms in total. The number of hydrogen-bond donors (Lipinski definition) is 0. The van der Waals surface area contributed by atoms with E-state index in [2.05, 4.69) is 26.8 Å². The van der Waals surface area contributed by atoms with Crippen molar-refractivity contribution in [2.45, 2.75) is 111 Å². The highest BCUT2D eigenvalue weighted by molar-refractivity contribution is 5.77. The van der Waals surface area contributed by atoms with Crippen LogP contribution in [0.3, 0.4) is 0 Å². The minimum absolute atomic E-state index is 0.0878. The van der Waals surface area contributed by atoms with Crippen molar-refractivity contribution in [2.75, 3.05) is 0 Å². The van der Waals surface area contributed by atoms with Crippen molar-refractivity contribution in [3.8, 4) is 0 Å². The Kier molecular flexibility index (Phi) is 6.45. The Morgan fingerprint density at radius 1 is 1.13 bits per heavy atom. The second kappa shape index (κ2) is 8.67. The first kappa shape index (κ1) is 23.1. The Hall–Kier alpha value is -1.12. The van der Waals surface area contributed by atoms with Crippen LogP contribution in [0.15, 0.2) is 11.6 Å². The van der Waals surface area contributed by atoms with Crippen LogP contribution in [0.4, 0.5) is 0 Å². The molecule has 4 aliphatic rings. The van der Waals surface area contributed by atoms with Gasteiger partial charge in [0.25, 0.3) is 0 Å². The number of hydrogen-bond acceptors (Lipinski definition) is 3. The third kappa shape index (κ3) is 4.04. The monoisotopic (exact) mass is 428 g/mol. The third-order valence-electron chi connectivity index (χ3n) is 10.4. The molecule has 0 radical (unpaired) electrons. The minimum Gasteiger partial charge on any atom is -0.462 e. The van der Waals surface area contributed by atoms with Gasteiger partial charge in [0.05, 0.1) is 0 Å². The maximum absolute atomic E-state index is 11.9. The standard InChI is InChI=1S/C28H44O3/c1-6-21(30)9-7-18(2)24-11-12-25-23-10-8-20-17-22(31-19(3)29)13-15-27(20,4)26(23)14-16-28(24,25)5/h8,18,22-26H,6-7,9-17H2,1-5H3/t18-,22-,23+,24-,25+,26+,27+,28-/m1/s1. The third-order valence-corrected chi connectivity index (χ3v) is 10.4. The van der Waals surface area contributed by atoms with Gasteiger partial charge in [-0.25, -0.2) is 0 Å². The number of ether oxygens (including phenoxy) is 1. The van der Waals surface area contributed by atoms with E-state index in [4.69, 9.17) is 4.74 Å². The number of carbonyl (C=O) groups excluding carboxylic acids is 2. The van der Waals surface area contributed by atoms with Crippen LogP contribution in [0.25, 0.3) is 0 Å². The van der Waals surface area contributed by atoms with Crippen LogP contribution in [0.2, 0.25) is 0 Å². The van der Waals surface area contributed by atoms with Gasteiger partial charge in [-0.3, -0.25) is 9.59 Å². The average molecular weight is 429 g/mol. The van der Waals surface area contributed by atoms with E-state index in [1.54, 1.807) is 5.57 Å². The molecule has 0 aromatic heterocycles. The maximum Gasteiger partial charge on any atom is 0.302 e. The Labute approximate surface area is 189 Å². The molecule has 0 aromatic carbocycles. The second-order valence-corrected chi connectivity index (χ2v) is 11.9.